The summed E-state index contributed by atoms with van der Waals surface area (Å²) in [5.41, 5.74) is 3.99. The fraction of sp³-hybridized carbons (Fsp3) is 0.312. The lowest BCUT2D eigenvalue weighted by molar-refractivity contribution is 0.0600. The average molecular weight is 289 g/mol. The van der Waals surface area contributed by atoms with Crippen LogP contribution in [0.4, 0.5) is 5.69 Å². The molecule has 1 aromatic carbocycles. The molecule has 4 heteroatoms. The minimum Gasteiger partial charge on any atom is -0.465 e. The zero-order valence-corrected chi connectivity index (χ0v) is 13.1. The molecular weight excluding hydrogens is 270 g/mol. The van der Waals surface area contributed by atoms with Gasteiger partial charge in [0.05, 0.1) is 12.7 Å². The number of anilines is 1. The second kappa shape index (κ2) is 6.09. The van der Waals surface area contributed by atoms with E-state index in [4.69, 9.17) is 4.74 Å². The van der Waals surface area contributed by atoms with Gasteiger partial charge in [-0.1, -0.05) is 0 Å². The van der Waals surface area contributed by atoms with Gasteiger partial charge in [0, 0.05) is 22.0 Å². The van der Waals surface area contributed by atoms with Crippen LogP contribution in [0.25, 0.3) is 0 Å². The van der Waals surface area contributed by atoms with E-state index in [0.717, 1.165) is 17.8 Å². The molecule has 0 amide bonds. The Bertz CT molecular complexity index is 631. The number of esters is 1. The molecular formula is C16H19NO2S. The minimum absolute atomic E-state index is 0.302. The quantitative estimate of drug-likeness (QED) is 0.862. The molecule has 2 rings (SSSR count). The molecule has 0 spiro atoms. The lowest BCUT2D eigenvalue weighted by Crippen LogP contribution is -2.04. The number of carbonyl (C=O) groups excluding carboxylic acids is 1. The van der Waals surface area contributed by atoms with Crippen molar-refractivity contribution in [2.45, 2.75) is 27.3 Å². The Hall–Kier alpha value is -1.81. The Balaban J connectivity index is 2.10. The van der Waals surface area contributed by atoms with Crippen LogP contribution in [0.15, 0.2) is 24.3 Å². The summed E-state index contributed by atoms with van der Waals surface area (Å²) >= 11 is 1.82. The molecule has 0 fully saturated rings. The van der Waals surface area contributed by atoms with Crippen molar-refractivity contribution in [3.63, 3.8) is 0 Å². The zero-order chi connectivity index (χ0) is 14.7. The number of thiophene rings is 1. The number of aryl methyl sites for hydroxylation is 3. The maximum absolute atomic E-state index is 11.5. The standard InChI is InChI=1S/C16H19NO2S/c1-10-7-13(16(18)19-4)5-6-15(10)17-9-14-8-11(2)20-12(14)3/h5-8,17H,9H2,1-4H3. The van der Waals surface area contributed by atoms with Crippen LogP contribution in [0.1, 0.15) is 31.2 Å². The van der Waals surface area contributed by atoms with Crippen LogP contribution in [0.2, 0.25) is 0 Å². The van der Waals surface area contributed by atoms with Gasteiger partial charge < -0.3 is 10.1 Å². The lowest BCUT2D eigenvalue weighted by Gasteiger charge is -2.10. The van der Waals surface area contributed by atoms with Gasteiger partial charge in [0.2, 0.25) is 0 Å². The number of benzene rings is 1. The van der Waals surface area contributed by atoms with E-state index in [1.807, 2.05) is 30.4 Å². The van der Waals surface area contributed by atoms with Crippen LogP contribution < -0.4 is 5.32 Å². The van der Waals surface area contributed by atoms with Crippen LogP contribution in [-0.4, -0.2) is 13.1 Å². The smallest absolute Gasteiger partial charge is 0.337 e. The molecule has 0 saturated heterocycles. The van der Waals surface area contributed by atoms with Crippen LogP contribution in [0.5, 0.6) is 0 Å². The molecule has 0 aliphatic heterocycles. The summed E-state index contributed by atoms with van der Waals surface area (Å²) in [5, 5.41) is 3.42. The summed E-state index contributed by atoms with van der Waals surface area (Å²) in [4.78, 5) is 14.1. The molecule has 1 N–H and O–H groups in total. The number of ether oxygens (including phenoxy) is 1. The SMILES string of the molecule is COC(=O)c1ccc(NCc2cc(C)sc2C)c(C)c1. The van der Waals surface area contributed by atoms with Crippen LogP contribution in [0, 0.1) is 20.8 Å². The van der Waals surface area contributed by atoms with Crippen molar-refractivity contribution in [1.29, 1.82) is 0 Å². The predicted molar refractivity (Wildman–Crippen MR) is 83.6 cm³/mol. The van der Waals surface area contributed by atoms with E-state index in [1.54, 1.807) is 6.07 Å². The molecule has 20 heavy (non-hydrogen) atoms. The van der Waals surface area contributed by atoms with Gasteiger partial charge in [0.15, 0.2) is 0 Å². The predicted octanol–water partition coefficient (Wildman–Crippen LogP) is 4.07. The Kier molecular flexibility index (Phi) is 4.45. The highest BCUT2D eigenvalue weighted by Gasteiger charge is 2.08. The van der Waals surface area contributed by atoms with Crippen LogP contribution in [0.3, 0.4) is 0 Å². The molecule has 0 aliphatic rings. The van der Waals surface area contributed by atoms with E-state index >= 15 is 0 Å². The first-order chi connectivity index (χ1) is 9.51. The maximum atomic E-state index is 11.5. The maximum Gasteiger partial charge on any atom is 0.337 e. The third-order valence-electron chi connectivity index (χ3n) is 3.26. The van der Waals surface area contributed by atoms with Gasteiger partial charge in [-0.05, 0) is 56.2 Å². The Morgan fingerprint density at radius 1 is 1.25 bits per heavy atom. The summed E-state index contributed by atoms with van der Waals surface area (Å²) in [7, 11) is 1.39. The third-order valence-corrected chi connectivity index (χ3v) is 4.27. The zero-order valence-electron chi connectivity index (χ0n) is 12.2. The number of rotatable bonds is 4. The van der Waals surface area contributed by atoms with E-state index in [9.17, 15) is 4.79 Å². The van der Waals surface area contributed by atoms with Gasteiger partial charge in [-0.2, -0.15) is 0 Å². The Morgan fingerprint density at radius 3 is 2.55 bits per heavy atom. The summed E-state index contributed by atoms with van der Waals surface area (Å²) in [6.45, 7) is 7.05. The molecule has 0 atom stereocenters. The molecule has 0 bridgehead atoms. The normalized spacial score (nSPS) is 10.4. The van der Waals surface area contributed by atoms with E-state index in [0.29, 0.717) is 5.56 Å². The van der Waals surface area contributed by atoms with Crippen molar-refractivity contribution in [3.05, 3.63) is 50.7 Å². The molecule has 0 radical (unpaired) electrons. The summed E-state index contributed by atoms with van der Waals surface area (Å²) in [6, 6.07) is 7.77. The van der Waals surface area contributed by atoms with Gasteiger partial charge in [0.1, 0.15) is 0 Å². The molecule has 106 valence electrons. The topological polar surface area (TPSA) is 38.3 Å². The number of carbonyl (C=O) groups is 1. The van der Waals surface area contributed by atoms with Crippen molar-refractivity contribution < 1.29 is 9.53 Å². The molecule has 0 saturated carbocycles. The monoisotopic (exact) mass is 289 g/mol. The molecule has 2 aromatic rings. The second-order valence-corrected chi connectivity index (χ2v) is 6.27. The molecule has 1 heterocycles. The first kappa shape index (κ1) is 14.6. The van der Waals surface area contributed by atoms with E-state index in [1.165, 1.54) is 22.4 Å². The van der Waals surface area contributed by atoms with E-state index in [-0.39, 0.29) is 5.97 Å². The van der Waals surface area contributed by atoms with Crippen molar-refractivity contribution in [2.75, 3.05) is 12.4 Å². The number of methoxy groups -OCH3 is 1. The van der Waals surface area contributed by atoms with Crippen molar-refractivity contribution in [1.82, 2.24) is 0 Å². The first-order valence-corrected chi connectivity index (χ1v) is 7.31. The van der Waals surface area contributed by atoms with Gasteiger partial charge in [-0.15, -0.1) is 11.3 Å². The minimum atomic E-state index is -0.302. The fourth-order valence-electron chi connectivity index (χ4n) is 2.16. The highest BCUT2D eigenvalue weighted by Crippen LogP contribution is 2.23. The largest absolute Gasteiger partial charge is 0.465 e. The Labute approximate surface area is 123 Å². The van der Waals surface area contributed by atoms with Crippen LogP contribution in [-0.2, 0) is 11.3 Å². The summed E-state index contributed by atoms with van der Waals surface area (Å²) in [6.07, 6.45) is 0. The second-order valence-electron chi connectivity index (χ2n) is 4.81. The summed E-state index contributed by atoms with van der Waals surface area (Å²) < 4.78 is 4.72. The van der Waals surface area contributed by atoms with Gasteiger partial charge in [-0.25, -0.2) is 4.79 Å². The molecule has 3 nitrogen and oxygen atoms in total. The highest BCUT2D eigenvalue weighted by atomic mass is 32.1. The Morgan fingerprint density at radius 2 is 2.00 bits per heavy atom. The van der Waals surface area contributed by atoms with E-state index in [2.05, 4.69) is 25.2 Å². The van der Waals surface area contributed by atoms with Gasteiger partial charge in [0.25, 0.3) is 0 Å². The van der Waals surface area contributed by atoms with Crippen molar-refractivity contribution in [2.24, 2.45) is 0 Å². The van der Waals surface area contributed by atoms with Crippen molar-refractivity contribution >= 4 is 23.0 Å². The van der Waals surface area contributed by atoms with E-state index < -0.39 is 0 Å². The number of hydrogen-bond donors (Lipinski definition) is 1. The molecule has 0 aliphatic carbocycles. The third kappa shape index (κ3) is 3.20. The molecule has 0 unspecified atom stereocenters. The fourth-order valence-corrected chi connectivity index (χ4v) is 3.10. The van der Waals surface area contributed by atoms with Crippen LogP contribution >= 0.6 is 11.3 Å². The lowest BCUT2D eigenvalue weighted by atomic mass is 10.1. The molecule has 1 aromatic heterocycles. The average Bonchev–Trinajstić information content (AvgIpc) is 2.74. The van der Waals surface area contributed by atoms with Crippen molar-refractivity contribution in [3.8, 4) is 0 Å². The summed E-state index contributed by atoms with van der Waals surface area (Å²) in [5.74, 6) is -0.302. The number of hydrogen-bond acceptors (Lipinski definition) is 4. The van der Waals surface area contributed by atoms with Gasteiger partial charge in [-0.3, -0.25) is 0 Å². The van der Waals surface area contributed by atoms with Gasteiger partial charge >= 0.3 is 5.97 Å². The first-order valence-electron chi connectivity index (χ1n) is 6.50. The highest BCUT2D eigenvalue weighted by molar-refractivity contribution is 7.12. The number of nitrogens with one attached hydrogen (secondary N) is 1.